The van der Waals surface area contributed by atoms with Crippen LogP contribution in [0.25, 0.3) is 0 Å². The van der Waals surface area contributed by atoms with Crippen LogP contribution in [0, 0.1) is 5.92 Å². The lowest BCUT2D eigenvalue weighted by molar-refractivity contribution is -0.155. The van der Waals surface area contributed by atoms with Crippen LogP contribution >= 0.6 is 0 Å². The molecule has 0 radical (unpaired) electrons. The van der Waals surface area contributed by atoms with Gasteiger partial charge >= 0.3 is 6.61 Å². The Morgan fingerprint density at radius 1 is 1.44 bits per heavy atom. The van der Waals surface area contributed by atoms with Crippen LogP contribution in [-0.2, 0) is 15.1 Å². The molecular formula is C18H26F2N2O3. The van der Waals surface area contributed by atoms with Gasteiger partial charge in [-0.2, -0.15) is 8.78 Å². The maximum atomic E-state index is 12.4. The summed E-state index contributed by atoms with van der Waals surface area (Å²) in [6.45, 7) is -2.01. The first-order valence-corrected chi connectivity index (χ1v) is 8.89. The maximum Gasteiger partial charge on any atom is 0.388 e. The third-order valence-corrected chi connectivity index (χ3v) is 5.12. The average Bonchev–Trinajstić information content (AvgIpc) is 2.54. The van der Waals surface area contributed by atoms with Gasteiger partial charge in [0.25, 0.3) is 0 Å². The first kappa shape index (κ1) is 18.0. The molecule has 25 heavy (non-hydrogen) atoms. The molecule has 1 atom stereocenters. The number of aromatic nitrogens is 1. The van der Waals surface area contributed by atoms with Crippen molar-refractivity contribution in [2.24, 2.45) is 5.92 Å². The number of pyridine rings is 1. The molecule has 2 fully saturated rings. The van der Waals surface area contributed by atoms with Crippen LogP contribution in [0.1, 0.15) is 51.9 Å². The lowest BCUT2D eigenvalue weighted by Gasteiger charge is -2.42. The maximum absolute atomic E-state index is 12.4. The van der Waals surface area contributed by atoms with E-state index in [1.807, 2.05) is 0 Å². The third-order valence-electron chi connectivity index (χ3n) is 5.12. The number of alkyl halides is 2. The van der Waals surface area contributed by atoms with E-state index in [1.54, 1.807) is 6.07 Å². The fourth-order valence-electron chi connectivity index (χ4n) is 3.63. The Bertz CT molecular complexity index is 594. The Hall–Kier alpha value is -1.76. The number of rotatable bonds is 7. The summed E-state index contributed by atoms with van der Waals surface area (Å²) in [6, 6.07) is 3.17. The number of nitrogens with zero attached hydrogens (tertiary/aromatic N) is 1. The fourth-order valence-corrected chi connectivity index (χ4v) is 3.63. The molecule has 0 aromatic carbocycles. The molecule has 1 unspecified atom stereocenters. The van der Waals surface area contributed by atoms with E-state index in [2.05, 4.69) is 15.0 Å². The highest BCUT2D eigenvalue weighted by Crippen LogP contribution is 2.38. The van der Waals surface area contributed by atoms with Crippen molar-refractivity contribution in [1.29, 1.82) is 0 Å². The fraction of sp³-hybridized carbons (Fsp3) is 0.667. The summed E-state index contributed by atoms with van der Waals surface area (Å²) in [7, 11) is 0. The summed E-state index contributed by atoms with van der Waals surface area (Å²) in [5.74, 6) is 0.356. The quantitative estimate of drug-likeness (QED) is 0.810. The van der Waals surface area contributed by atoms with Gasteiger partial charge in [-0.1, -0.05) is 19.3 Å². The zero-order valence-corrected chi connectivity index (χ0v) is 14.2. The van der Waals surface area contributed by atoms with Crippen molar-refractivity contribution in [1.82, 2.24) is 10.3 Å². The van der Waals surface area contributed by atoms with Crippen LogP contribution in [0.5, 0.6) is 5.88 Å². The highest BCUT2D eigenvalue weighted by Gasteiger charge is 2.41. The average molecular weight is 356 g/mol. The molecular weight excluding hydrogens is 330 g/mol. The lowest BCUT2D eigenvalue weighted by Crippen LogP contribution is -2.50. The molecule has 1 aromatic heterocycles. The SMILES string of the molecule is O=C(CC1CCCCC1)NCC1(c2ccnc(OC(F)F)c2)CCO1.[HH]. The summed E-state index contributed by atoms with van der Waals surface area (Å²) in [4.78, 5) is 16.0. The summed E-state index contributed by atoms with van der Waals surface area (Å²) in [5.41, 5.74) is 0.0214. The molecule has 1 aliphatic carbocycles. The van der Waals surface area contributed by atoms with E-state index in [0.717, 1.165) is 19.3 Å². The number of carbonyl (C=O) groups is 1. The van der Waals surface area contributed by atoms with Gasteiger partial charge in [0, 0.05) is 26.5 Å². The van der Waals surface area contributed by atoms with Gasteiger partial charge in [0.15, 0.2) is 0 Å². The molecule has 1 aliphatic heterocycles. The largest absolute Gasteiger partial charge is 0.417 e. The molecule has 1 saturated carbocycles. The molecule has 1 N–H and O–H groups in total. The van der Waals surface area contributed by atoms with Crippen LogP contribution in [0.15, 0.2) is 18.3 Å². The Kier molecular flexibility index (Phi) is 5.83. The van der Waals surface area contributed by atoms with E-state index in [-0.39, 0.29) is 13.2 Å². The number of hydrogen-bond donors (Lipinski definition) is 1. The first-order chi connectivity index (χ1) is 12.1. The number of nitrogens with one attached hydrogen (secondary N) is 1. The Morgan fingerprint density at radius 2 is 2.20 bits per heavy atom. The van der Waals surface area contributed by atoms with Crippen molar-refractivity contribution in [3.8, 4) is 5.88 Å². The van der Waals surface area contributed by atoms with E-state index >= 15 is 0 Å². The molecule has 0 spiro atoms. The second kappa shape index (κ2) is 8.08. The van der Waals surface area contributed by atoms with Crippen molar-refractivity contribution in [3.05, 3.63) is 23.9 Å². The molecule has 0 bridgehead atoms. The number of carbonyl (C=O) groups excluding carboxylic acids is 1. The van der Waals surface area contributed by atoms with Gasteiger partial charge in [-0.25, -0.2) is 4.98 Å². The van der Waals surface area contributed by atoms with E-state index in [0.29, 0.717) is 31.1 Å². The van der Waals surface area contributed by atoms with Gasteiger partial charge in [0.1, 0.15) is 5.60 Å². The summed E-state index contributed by atoms with van der Waals surface area (Å²) in [6.07, 6.45) is 8.59. The van der Waals surface area contributed by atoms with Crippen molar-refractivity contribution >= 4 is 5.91 Å². The predicted molar refractivity (Wildman–Crippen MR) is 89.4 cm³/mol. The minimum atomic E-state index is -2.92. The van der Waals surface area contributed by atoms with Crippen molar-refractivity contribution in [2.45, 2.75) is 57.2 Å². The second-order valence-corrected chi connectivity index (χ2v) is 6.84. The number of ether oxygens (including phenoxy) is 2. The normalized spacial score (nSPS) is 24.0. The van der Waals surface area contributed by atoms with Gasteiger partial charge in [-0.05, 0) is 30.4 Å². The minimum Gasteiger partial charge on any atom is -0.417 e. The minimum absolute atomic E-state index is 0. The molecule has 5 nitrogen and oxygen atoms in total. The molecule has 1 amide bonds. The van der Waals surface area contributed by atoms with Crippen LogP contribution in [0.4, 0.5) is 8.78 Å². The van der Waals surface area contributed by atoms with Crippen LogP contribution in [0.3, 0.4) is 0 Å². The van der Waals surface area contributed by atoms with Gasteiger partial charge in [0.2, 0.25) is 11.8 Å². The van der Waals surface area contributed by atoms with Crippen molar-refractivity contribution in [2.75, 3.05) is 13.2 Å². The van der Waals surface area contributed by atoms with E-state index in [9.17, 15) is 13.6 Å². The number of amides is 1. The highest BCUT2D eigenvalue weighted by atomic mass is 19.3. The molecule has 3 rings (SSSR count). The Morgan fingerprint density at radius 3 is 2.84 bits per heavy atom. The van der Waals surface area contributed by atoms with Crippen molar-refractivity contribution < 1.29 is 24.5 Å². The van der Waals surface area contributed by atoms with Gasteiger partial charge < -0.3 is 14.8 Å². The molecule has 1 saturated heterocycles. The zero-order chi connectivity index (χ0) is 17.7. The Balaban J connectivity index is 0.00000243. The standard InChI is InChI=1S/C18H24F2N2O3.H2/c19-17(20)25-16-11-14(6-8-21-16)18(7-9-24-18)12-22-15(23)10-13-4-2-1-3-5-13;/h6,8,11,13,17H,1-5,7,9-10,12H2,(H,22,23);1H. The molecule has 140 valence electrons. The monoisotopic (exact) mass is 356 g/mol. The molecule has 1 aromatic rings. The molecule has 2 aliphatic rings. The van der Waals surface area contributed by atoms with Crippen LogP contribution < -0.4 is 10.1 Å². The van der Waals surface area contributed by atoms with E-state index in [4.69, 9.17) is 4.74 Å². The number of hydrogen-bond acceptors (Lipinski definition) is 4. The van der Waals surface area contributed by atoms with Gasteiger partial charge in [0.05, 0.1) is 13.2 Å². The lowest BCUT2D eigenvalue weighted by atomic mass is 9.85. The van der Waals surface area contributed by atoms with Gasteiger partial charge in [-0.15, -0.1) is 0 Å². The van der Waals surface area contributed by atoms with Crippen LogP contribution in [0.2, 0.25) is 0 Å². The predicted octanol–water partition coefficient (Wildman–Crippen LogP) is 3.63. The summed E-state index contributed by atoms with van der Waals surface area (Å²) < 4.78 is 34.8. The van der Waals surface area contributed by atoms with Crippen molar-refractivity contribution in [3.63, 3.8) is 0 Å². The van der Waals surface area contributed by atoms with E-state index in [1.165, 1.54) is 31.5 Å². The zero-order valence-electron chi connectivity index (χ0n) is 14.2. The second-order valence-electron chi connectivity index (χ2n) is 6.84. The molecule has 7 heteroatoms. The van der Waals surface area contributed by atoms with Crippen LogP contribution in [-0.4, -0.2) is 30.7 Å². The summed E-state index contributed by atoms with van der Waals surface area (Å²) in [5, 5.41) is 2.96. The molecule has 2 heterocycles. The third kappa shape index (κ3) is 4.66. The number of halogens is 2. The summed E-state index contributed by atoms with van der Waals surface area (Å²) >= 11 is 0. The van der Waals surface area contributed by atoms with E-state index < -0.39 is 12.2 Å². The smallest absolute Gasteiger partial charge is 0.388 e. The topological polar surface area (TPSA) is 60.5 Å². The Labute approximate surface area is 147 Å². The van der Waals surface area contributed by atoms with Gasteiger partial charge in [-0.3, -0.25) is 4.79 Å². The first-order valence-electron chi connectivity index (χ1n) is 8.89. The highest BCUT2D eigenvalue weighted by molar-refractivity contribution is 5.76.